The van der Waals surface area contributed by atoms with Crippen LogP contribution < -0.4 is 26.1 Å². The van der Waals surface area contributed by atoms with Crippen LogP contribution in [0, 0.1) is 6.92 Å². The fourth-order valence-corrected chi connectivity index (χ4v) is 1.44. The van der Waals surface area contributed by atoms with Crippen LogP contribution in [0.2, 0.25) is 0 Å². The Morgan fingerprint density at radius 1 is 1.27 bits per heavy atom. The Morgan fingerprint density at radius 3 is 2.53 bits per heavy atom. The van der Waals surface area contributed by atoms with E-state index in [1.807, 2.05) is 19.1 Å². The summed E-state index contributed by atoms with van der Waals surface area (Å²) in [4.78, 5) is 0. The quantitative estimate of drug-likeness (QED) is 0.382. The molecule has 0 amide bonds. The Bertz CT molecular complexity index is 329. The van der Waals surface area contributed by atoms with Crippen molar-refractivity contribution in [3.63, 3.8) is 0 Å². The minimum Gasteiger partial charge on any atom is -0.496 e. The van der Waals surface area contributed by atoms with Crippen LogP contribution in [-0.4, -0.2) is 20.9 Å². The average molecular weight is 211 g/mol. The Labute approximate surface area is 89.5 Å². The maximum absolute atomic E-state index is 5.30. The molecule has 1 aromatic carbocycles. The third-order valence-corrected chi connectivity index (χ3v) is 2.16. The molecule has 0 saturated heterocycles. The van der Waals surface area contributed by atoms with E-state index in [2.05, 4.69) is 10.7 Å². The van der Waals surface area contributed by atoms with E-state index in [9.17, 15) is 0 Å². The molecule has 1 aromatic rings. The lowest BCUT2D eigenvalue weighted by molar-refractivity contribution is 0.390. The molecule has 84 valence electrons. The summed E-state index contributed by atoms with van der Waals surface area (Å²) in [5.41, 5.74) is 4.36. The molecule has 0 heterocycles. The van der Waals surface area contributed by atoms with Gasteiger partial charge in [-0.05, 0) is 19.1 Å². The van der Waals surface area contributed by atoms with Crippen LogP contribution in [0.1, 0.15) is 5.56 Å². The summed E-state index contributed by atoms with van der Waals surface area (Å²) in [5, 5.41) is 3.09. The van der Waals surface area contributed by atoms with Gasteiger partial charge in [0, 0.05) is 5.56 Å². The van der Waals surface area contributed by atoms with Crippen molar-refractivity contribution in [3.8, 4) is 11.5 Å². The number of hydrogen-bond donors (Lipinski definition) is 3. The molecule has 1 rings (SSSR count). The molecule has 5 heteroatoms. The van der Waals surface area contributed by atoms with Crippen molar-refractivity contribution in [2.45, 2.75) is 6.92 Å². The van der Waals surface area contributed by atoms with Crippen molar-refractivity contribution >= 4 is 5.69 Å². The summed E-state index contributed by atoms with van der Waals surface area (Å²) in [5.74, 6) is 6.76. The number of nitrogens with one attached hydrogen (secondary N) is 2. The van der Waals surface area contributed by atoms with Gasteiger partial charge in [0.05, 0.1) is 26.6 Å². The summed E-state index contributed by atoms with van der Waals surface area (Å²) in [6, 6.07) is 3.78. The van der Waals surface area contributed by atoms with Crippen LogP contribution in [0.3, 0.4) is 0 Å². The average Bonchev–Trinajstić information content (AvgIpc) is 2.26. The Hall–Kier alpha value is -1.46. The van der Waals surface area contributed by atoms with Crippen molar-refractivity contribution in [1.29, 1.82) is 0 Å². The van der Waals surface area contributed by atoms with Gasteiger partial charge in [-0.3, -0.25) is 5.84 Å². The molecule has 0 saturated carbocycles. The molecule has 0 spiro atoms. The van der Waals surface area contributed by atoms with Crippen LogP contribution in [0.25, 0.3) is 0 Å². The van der Waals surface area contributed by atoms with Crippen LogP contribution >= 0.6 is 0 Å². The largest absolute Gasteiger partial charge is 0.496 e. The highest BCUT2D eigenvalue weighted by Gasteiger charge is 2.10. The summed E-state index contributed by atoms with van der Waals surface area (Å²) >= 11 is 0. The lowest BCUT2D eigenvalue weighted by atomic mass is 10.1. The number of benzene rings is 1. The van der Waals surface area contributed by atoms with Gasteiger partial charge in [-0.25, -0.2) is 5.43 Å². The lowest BCUT2D eigenvalue weighted by Crippen LogP contribution is -2.28. The van der Waals surface area contributed by atoms with Gasteiger partial charge in [0.15, 0.2) is 0 Å². The SMILES string of the molecule is COc1ccc(NCNN)c(OC)c1C. The van der Waals surface area contributed by atoms with Crippen molar-refractivity contribution in [2.24, 2.45) is 5.84 Å². The van der Waals surface area contributed by atoms with Crippen LogP contribution in [-0.2, 0) is 0 Å². The number of nitrogens with two attached hydrogens (primary N) is 1. The van der Waals surface area contributed by atoms with Crippen LogP contribution in [0.4, 0.5) is 5.69 Å². The van der Waals surface area contributed by atoms with Gasteiger partial charge >= 0.3 is 0 Å². The molecule has 15 heavy (non-hydrogen) atoms. The zero-order chi connectivity index (χ0) is 11.3. The van der Waals surface area contributed by atoms with Crippen LogP contribution in [0.5, 0.6) is 11.5 Å². The summed E-state index contributed by atoms with van der Waals surface area (Å²) in [6.45, 7) is 2.42. The second-order valence-corrected chi connectivity index (χ2v) is 3.03. The second kappa shape index (κ2) is 5.43. The highest BCUT2D eigenvalue weighted by atomic mass is 16.5. The fourth-order valence-electron chi connectivity index (χ4n) is 1.44. The number of hydrazine groups is 1. The smallest absolute Gasteiger partial charge is 0.148 e. The molecule has 0 fully saturated rings. The highest BCUT2D eigenvalue weighted by Crippen LogP contribution is 2.34. The number of rotatable bonds is 5. The number of anilines is 1. The van der Waals surface area contributed by atoms with Crippen molar-refractivity contribution in [1.82, 2.24) is 5.43 Å². The molecule has 0 aliphatic carbocycles. The fraction of sp³-hybridized carbons (Fsp3) is 0.400. The van der Waals surface area contributed by atoms with E-state index < -0.39 is 0 Å². The number of methoxy groups -OCH3 is 2. The van der Waals surface area contributed by atoms with E-state index in [4.69, 9.17) is 15.3 Å². The van der Waals surface area contributed by atoms with Gasteiger partial charge in [0.25, 0.3) is 0 Å². The van der Waals surface area contributed by atoms with Gasteiger partial charge in [0.2, 0.25) is 0 Å². The third kappa shape index (κ3) is 2.51. The van der Waals surface area contributed by atoms with E-state index in [1.54, 1.807) is 14.2 Å². The normalized spacial score (nSPS) is 9.87. The minimum absolute atomic E-state index is 0.474. The first-order valence-corrected chi connectivity index (χ1v) is 4.63. The first kappa shape index (κ1) is 11.6. The Kier molecular flexibility index (Phi) is 4.20. The summed E-state index contributed by atoms with van der Waals surface area (Å²) in [6.07, 6.45) is 0. The molecule has 0 bridgehead atoms. The van der Waals surface area contributed by atoms with E-state index >= 15 is 0 Å². The van der Waals surface area contributed by atoms with Gasteiger partial charge in [0.1, 0.15) is 11.5 Å². The molecule has 0 radical (unpaired) electrons. The molecular weight excluding hydrogens is 194 g/mol. The monoisotopic (exact) mass is 211 g/mol. The molecule has 0 unspecified atom stereocenters. The molecule has 0 aromatic heterocycles. The molecule has 0 aliphatic heterocycles. The Balaban J connectivity index is 3.01. The third-order valence-electron chi connectivity index (χ3n) is 2.16. The van der Waals surface area contributed by atoms with E-state index in [-0.39, 0.29) is 0 Å². The molecule has 5 nitrogen and oxygen atoms in total. The van der Waals surface area contributed by atoms with Crippen molar-refractivity contribution in [2.75, 3.05) is 26.2 Å². The predicted octanol–water partition coefficient (Wildman–Crippen LogP) is 0.845. The van der Waals surface area contributed by atoms with E-state index in [0.29, 0.717) is 6.67 Å². The van der Waals surface area contributed by atoms with Crippen molar-refractivity contribution in [3.05, 3.63) is 17.7 Å². The minimum atomic E-state index is 0.474. The highest BCUT2D eigenvalue weighted by molar-refractivity contribution is 5.63. The molecule has 4 N–H and O–H groups in total. The zero-order valence-electron chi connectivity index (χ0n) is 9.26. The lowest BCUT2D eigenvalue weighted by Gasteiger charge is -2.15. The van der Waals surface area contributed by atoms with Crippen LogP contribution in [0.15, 0.2) is 12.1 Å². The Morgan fingerprint density at radius 2 is 2.00 bits per heavy atom. The first-order chi connectivity index (χ1) is 7.24. The molecule has 0 atom stereocenters. The maximum atomic E-state index is 5.30. The van der Waals surface area contributed by atoms with Gasteiger partial charge in [-0.15, -0.1) is 0 Å². The van der Waals surface area contributed by atoms with Gasteiger partial charge < -0.3 is 14.8 Å². The van der Waals surface area contributed by atoms with Gasteiger partial charge in [-0.2, -0.15) is 0 Å². The molecule has 0 aliphatic rings. The number of hydrogen-bond acceptors (Lipinski definition) is 5. The molecular formula is C10H17N3O2. The number of ether oxygens (including phenoxy) is 2. The van der Waals surface area contributed by atoms with Crippen molar-refractivity contribution < 1.29 is 9.47 Å². The second-order valence-electron chi connectivity index (χ2n) is 3.03. The van der Waals surface area contributed by atoms with E-state index in [1.165, 1.54) is 0 Å². The first-order valence-electron chi connectivity index (χ1n) is 4.63. The van der Waals surface area contributed by atoms with Gasteiger partial charge in [-0.1, -0.05) is 0 Å². The topological polar surface area (TPSA) is 68.5 Å². The summed E-state index contributed by atoms with van der Waals surface area (Å²) in [7, 11) is 3.26. The summed E-state index contributed by atoms with van der Waals surface area (Å²) < 4.78 is 10.5. The standard InChI is InChI=1S/C10H17N3O2/c1-7-9(14-2)5-4-8(10(7)15-3)12-6-13-11/h4-5,12-13H,6,11H2,1-3H3. The van der Waals surface area contributed by atoms with E-state index in [0.717, 1.165) is 22.7 Å². The predicted molar refractivity (Wildman–Crippen MR) is 60.1 cm³/mol. The zero-order valence-corrected chi connectivity index (χ0v) is 9.26. The maximum Gasteiger partial charge on any atom is 0.148 e.